The highest BCUT2D eigenvalue weighted by atomic mass is 16.7. The van der Waals surface area contributed by atoms with Crippen LogP contribution in [-0.2, 0) is 14.3 Å². The molecule has 0 bridgehead atoms. The Kier molecular flexibility index (Phi) is 62.7. The number of aliphatic hydroxyl groups is 5. The molecule has 0 spiro atoms. The molecule has 1 amide bonds. The summed E-state index contributed by atoms with van der Waals surface area (Å²) in [6.07, 6.45) is 85.0. The first-order valence-electron chi connectivity index (χ1n) is 37.5. The third-order valence-electron chi connectivity index (χ3n) is 17.8. The van der Waals surface area contributed by atoms with Crippen LogP contribution in [0.15, 0.2) is 60.8 Å². The molecule has 1 aliphatic heterocycles. The fraction of sp³-hybridized carbons (Fsp3) is 0.857. The predicted octanol–water partition coefficient (Wildman–Crippen LogP) is 20.9. The van der Waals surface area contributed by atoms with Gasteiger partial charge in [0.25, 0.3) is 0 Å². The molecule has 6 N–H and O–H groups in total. The number of amides is 1. The lowest BCUT2D eigenvalue weighted by Gasteiger charge is -2.40. The molecule has 504 valence electrons. The van der Waals surface area contributed by atoms with Crippen LogP contribution >= 0.6 is 0 Å². The molecule has 0 aromatic carbocycles. The molecule has 1 fully saturated rings. The molecule has 1 rings (SSSR count). The maximum Gasteiger partial charge on any atom is 0.220 e. The van der Waals surface area contributed by atoms with Gasteiger partial charge < -0.3 is 40.3 Å². The normalized spacial score (nSPS) is 18.3. The highest BCUT2D eigenvalue weighted by molar-refractivity contribution is 5.76. The van der Waals surface area contributed by atoms with Crippen LogP contribution in [0, 0.1) is 0 Å². The van der Waals surface area contributed by atoms with Crippen molar-refractivity contribution in [1.82, 2.24) is 5.32 Å². The quantitative estimate of drug-likeness (QED) is 0.0261. The number of carbonyl (C=O) groups excluding carboxylic acids is 1. The fourth-order valence-corrected chi connectivity index (χ4v) is 11.9. The number of hydrogen-bond acceptors (Lipinski definition) is 8. The standard InChI is InChI=1S/C77H143NO8/c1-3-5-7-9-11-13-15-17-19-21-23-25-27-29-30-31-32-33-34-35-36-37-38-39-40-41-42-43-45-47-49-51-53-55-57-59-61-63-65-67-73(81)78-70(69-85-77-76(84)75(83)74(82)72(68-79)86-77)71(80)66-64-62-60-58-56-54-52-50-48-46-44-28-26-24-22-20-18-16-14-12-10-8-6-4-2/h32-33,35-36,48,50,56,58,64,66,70-72,74-77,79-80,82-84H,3-31,34,37-47,49,51-55,57,59-63,65,67-69H2,1-2H3,(H,78,81)/b33-32-,36-35-,50-48+,58-56+,66-64+. The highest BCUT2D eigenvalue weighted by Gasteiger charge is 2.44. The summed E-state index contributed by atoms with van der Waals surface area (Å²) in [5.74, 6) is -0.186. The summed E-state index contributed by atoms with van der Waals surface area (Å²) in [5, 5.41) is 54.7. The van der Waals surface area contributed by atoms with Gasteiger partial charge in [0, 0.05) is 6.42 Å². The summed E-state index contributed by atoms with van der Waals surface area (Å²) in [7, 11) is 0. The van der Waals surface area contributed by atoms with Gasteiger partial charge in [0.15, 0.2) is 6.29 Å². The molecule has 0 saturated carbocycles. The van der Waals surface area contributed by atoms with Crippen LogP contribution in [0.1, 0.15) is 367 Å². The van der Waals surface area contributed by atoms with Crippen LogP contribution in [0.2, 0.25) is 0 Å². The van der Waals surface area contributed by atoms with E-state index in [4.69, 9.17) is 9.47 Å². The highest BCUT2D eigenvalue weighted by Crippen LogP contribution is 2.23. The van der Waals surface area contributed by atoms with E-state index in [0.717, 1.165) is 51.4 Å². The van der Waals surface area contributed by atoms with Crippen LogP contribution in [-0.4, -0.2) is 87.5 Å². The van der Waals surface area contributed by atoms with Gasteiger partial charge in [-0.3, -0.25) is 4.79 Å². The van der Waals surface area contributed by atoms with Gasteiger partial charge in [0.2, 0.25) is 5.91 Å². The van der Waals surface area contributed by atoms with Crippen LogP contribution in [0.25, 0.3) is 0 Å². The monoisotopic (exact) mass is 1210 g/mol. The van der Waals surface area contributed by atoms with Crippen LogP contribution < -0.4 is 5.32 Å². The smallest absolute Gasteiger partial charge is 0.220 e. The van der Waals surface area contributed by atoms with Crippen molar-refractivity contribution >= 4 is 5.91 Å². The summed E-state index contributed by atoms with van der Waals surface area (Å²) in [6, 6.07) is -0.831. The van der Waals surface area contributed by atoms with Gasteiger partial charge in [-0.1, -0.05) is 344 Å². The Bertz CT molecular complexity index is 1540. The van der Waals surface area contributed by atoms with Gasteiger partial charge in [0.05, 0.1) is 25.4 Å². The van der Waals surface area contributed by atoms with Crippen molar-refractivity contribution in [2.24, 2.45) is 0 Å². The van der Waals surface area contributed by atoms with Crippen molar-refractivity contribution in [1.29, 1.82) is 0 Å². The van der Waals surface area contributed by atoms with E-state index < -0.39 is 49.5 Å². The lowest BCUT2D eigenvalue weighted by Crippen LogP contribution is -2.60. The summed E-state index contributed by atoms with van der Waals surface area (Å²) in [5.41, 5.74) is 0. The summed E-state index contributed by atoms with van der Waals surface area (Å²) in [4.78, 5) is 13.1. The van der Waals surface area contributed by atoms with E-state index in [-0.39, 0.29) is 12.5 Å². The van der Waals surface area contributed by atoms with Gasteiger partial charge in [0.1, 0.15) is 24.4 Å². The Hall–Kier alpha value is -2.11. The molecule has 0 radical (unpaired) electrons. The molecule has 0 aliphatic carbocycles. The third-order valence-corrected chi connectivity index (χ3v) is 17.8. The Morgan fingerprint density at radius 1 is 0.395 bits per heavy atom. The Morgan fingerprint density at radius 3 is 1.05 bits per heavy atom. The van der Waals surface area contributed by atoms with Crippen molar-refractivity contribution in [2.75, 3.05) is 13.2 Å². The molecule has 1 saturated heterocycles. The topological polar surface area (TPSA) is 149 Å². The second kappa shape index (κ2) is 65.8. The number of nitrogens with one attached hydrogen (secondary N) is 1. The van der Waals surface area contributed by atoms with Crippen LogP contribution in [0.3, 0.4) is 0 Å². The number of allylic oxidation sites excluding steroid dienone is 9. The number of carbonyl (C=O) groups is 1. The van der Waals surface area contributed by atoms with Crippen molar-refractivity contribution in [3.8, 4) is 0 Å². The Balaban J connectivity index is 2.10. The van der Waals surface area contributed by atoms with Crippen LogP contribution in [0.5, 0.6) is 0 Å². The molecular weight excluding hydrogens is 1070 g/mol. The molecule has 1 heterocycles. The number of ether oxygens (including phenoxy) is 2. The average Bonchev–Trinajstić information content (AvgIpc) is 2.37. The molecule has 7 unspecified atom stereocenters. The Morgan fingerprint density at radius 2 is 0.698 bits per heavy atom. The summed E-state index contributed by atoms with van der Waals surface area (Å²) in [6.45, 7) is 3.81. The molecule has 1 aliphatic rings. The molecule has 0 aromatic rings. The number of hydrogen-bond donors (Lipinski definition) is 6. The maximum absolute atomic E-state index is 13.1. The zero-order valence-corrected chi connectivity index (χ0v) is 56.6. The van der Waals surface area contributed by atoms with E-state index in [1.165, 1.54) is 295 Å². The van der Waals surface area contributed by atoms with Crippen molar-refractivity contribution in [3.05, 3.63) is 60.8 Å². The molecule has 7 atom stereocenters. The lowest BCUT2D eigenvalue weighted by molar-refractivity contribution is -0.302. The Labute approximate surface area is 532 Å². The molecular formula is C77H143NO8. The van der Waals surface area contributed by atoms with Crippen molar-refractivity contribution < 1.29 is 39.8 Å². The van der Waals surface area contributed by atoms with E-state index in [2.05, 4.69) is 67.8 Å². The SMILES string of the molecule is CCCCCCCCCCCCCCCC/C=C/CC/C=C/CC/C=C/C(O)C(COC1OC(CO)C(O)C(O)C1O)NC(=O)CCCCCCCCCCCCCCCCCCC/C=C\C/C=C\CCCCCCCCCCCCCCCCC. The first kappa shape index (κ1) is 81.9. The number of rotatable bonds is 66. The third kappa shape index (κ3) is 53.7. The van der Waals surface area contributed by atoms with Gasteiger partial charge >= 0.3 is 0 Å². The maximum atomic E-state index is 13.1. The predicted molar refractivity (Wildman–Crippen MR) is 369 cm³/mol. The number of aliphatic hydroxyl groups excluding tert-OH is 5. The first-order valence-corrected chi connectivity index (χ1v) is 37.5. The van der Waals surface area contributed by atoms with Crippen molar-refractivity contribution in [2.45, 2.75) is 410 Å². The van der Waals surface area contributed by atoms with Gasteiger partial charge in [-0.25, -0.2) is 0 Å². The molecule has 86 heavy (non-hydrogen) atoms. The minimum atomic E-state index is -1.58. The second-order valence-corrected chi connectivity index (χ2v) is 26.1. The first-order chi connectivity index (χ1) is 42.3. The van der Waals surface area contributed by atoms with E-state index in [0.29, 0.717) is 6.42 Å². The molecule has 9 nitrogen and oxygen atoms in total. The van der Waals surface area contributed by atoms with Gasteiger partial charge in [-0.15, -0.1) is 0 Å². The van der Waals surface area contributed by atoms with Crippen LogP contribution in [0.4, 0.5) is 0 Å². The largest absolute Gasteiger partial charge is 0.394 e. The van der Waals surface area contributed by atoms with E-state index in [1.807, 2.05) is 6.08 Å². The average molecular weight is 1210 g/mol. The van der Waals surface area contributed by atoms with E-state index in [1.54, 1.807) is 6.08 Å². The van der Waals surface area contributed by atoms with Gasteiger partial charge in [-0.05, 0) is 77.0 Å². The fourth-order valence-electron chi connectivity index (χ4n) is 11.9. The minimum Gasteiger partial charge on any atom is -0.394 e. The van der Waals surface area contributed by atoms with Crippen molar-refractivity contribution in [3.63, 3.8) is 0 Å². The summed E-state index contributed by atoms with van der Waals surface area (Å²) < 4.78 is 11.3. The minimum absolute atomic E-state index is 0.186. The molecule has 9 heteroatoms. The molecule has 0 aromatic heterocycles. The lowest BCUT2D eigenvalue weighted by atomic mass is 9.99. The number of unbranched alkanes of at least 4 members (excludes halogenated alkanes) is 48. The summed E-state index contributed by atoms with van der Waals surface area (Å²) >= 11 is 0. The van der Waals surface area contributed by atoms with E-state index >= 15 is 0 Å². The van der Waals surface area contributed by atoms with Gasteiger partial charge in [-0.2, -0.15) is 0 Å². The second-order valence-electron chi connectivity index (χ2n) is 26.1. The van der Waals surface area contributed by atoms with E-state index in [9.17, 15) is 30.3 Å². The zero-order valence-electron chi connectivity index (χ0n) is 56.6. The zero-order chi connectivity index (χ0) is 62.1.